The average molecular weight is 235 g/mol. The lowest BCUT2D eigenvalue weighted by atomic mass is 10.1. The monoisotopic (exact) mass is 235 g/mol. The van der Waals surface area contributed by atoms with Gasteiger partial charge in [-0.1, -0.05) is 48.5 Å². The Morgan fingerprint density at radius 2 is 1.56 bits per heavy atom. The quantitative estimate of drug-likeness (QED) is 0.625. The molecule has 0 unspecified atom stereocenters. The largest absolute Gasteiger partial charge is 0.339 e. The van der Waals surface area contributed by atoms with Gasteiger partial charge in [0.05, 0.1) is 10.9 Å². The minimum atomic E-state index is 0.430. The first kappa shape index (κ1) is 10.6. The van der Waals surface area contributed by atoms with Crippen molar-refractivity contribution in [1.82, 2.24) is 4.68 Å². The molecule has 0 aliphatic rings. The van der Waals surface area contributed by atoms with Gasteiger partial charge in [0.2, 0.25) is 0 Å². The Hall–Kier alpha value is -2.55. The van der Waals surface area contributed by atoms with Crippen LogP contribution in [0.15, 0.2) is 60.8 Å². The van der Waals surface area contributed by atoms with E-state index in [9.17, 15) is 0 Å². The van der Waals surface area contributed by atoms with Crippen LogP contribution >= 0.6 is 0 Å². The van der Waals surface area contributed by atoms with Gasteiger partial charge in [-0.3, -0.25) is 10.1 Å². The number of benzene rings is 1. The van der Waals surface area contributed by atoms with E-state index < -0.39 is 0 Å². The molecular formula is C15H13N3. The molecule has 0 aliphatic heterocycles. The number of aromatic nitrogens is 1. The van der Waals surface area contributed by atoms with Gasteiger partial charge in [-0.25, -0.2) is 0 Å². The third-order valence-corrected chi connectivity index (χ3v) is 3.05. The summed E-state index contributed by atoms with van der Waals surface area (Å²) in [5.74, 6) is 5.97. The lowest BCUT2D eigenvalue weighted by Crippen LogP contribution is -2.11. The van der Waals surface area contributed by atoms with Crippen LogP contribution in [-0.2, 0) is 0 Å². The standard InChI is InChI=1S/C15H13N3/c16-14-9-5-4-8-12-13(10-18(17)15(12)14)11-6-2-1-3-7-11/h1-10,16H,17H2. The number of nitrogen functional groups attached to an aromatic ring is 1. The summed E-state index contributed by atoms with van der Waals surface area (Å²) in [4.78, 5) is 0. The molecule has 88 valence electrons. The predicted octanol–water partition coefficient (Wildman–Crippen LogP) is 2.50. The van der Waals surface area contributed by atoms with E-state index in [1.165, 1.54) is 4.68 Å². The van der Waals surface area contributed by atoms with Gasteiger partial charge in [-0.2, -0.15) is 0 Å². The molecule has 0 saturated carbocycles. The van der Waals surface area contributed by atoms with Crippen LogP contribution in [0.3, 0.4) is 0 Å². The second-order valence-electron chi connectivity index (χ2n) is 4.21. The topological polar surface area (TPSA) is 54.8 Å². The molecule has 3 aromatic rings. The van der Waals surface area contributed by atoms with E-state index in [2.05, 4.69) is 0 Å². The summed E-state index contributed by atoms with van der Waals surface area (Å²) in [6, 6.07) is 17.6. The molecule has 3 N–H and O–H groups in total. The van der Waals surface area contributed by atoms with Crippen molar-refractivity contribution in [3.8, 4) is 11.1 Å². The summed E-state index contributed by atoms with van der Waals surface area (Å²) < 4.78 is 1.53. The van der Waals surface area contributed by atoms with Crippen LogP contribution in [-0.4, -0.2) is 4.68 Å². The van der Waals surface area contributed by atoms with Gasteiger partial charge in [0, 0.05) is 17.1 Å². The Bertz CT molecular complexity index is 758. The highest BCUT2D eigenvalue weighted by Gasteiger charge is 2.08. The van der Waals surface area contributed by atoms with E-state index >= 15 is 0 Å². The number of rotatable bonds is 1. The van der Waals surface area contributed by atoms with Crippen molar-refractivity contribution in [3.05, 3.63) is 66.2 Å². The van der Waals surface area contributed by atoms with E-state index in [0.29, 0.717) is 5.36 Å². The number of fused-ring (bicyclic) bond motifs is 1. The molecule has 0 amide bonds. The highest BCUT2D eigenvalue weighted by atomic mass is 15.3. The van der Waals surface area contributed by atoms with Crippen molar-refractivity contribution in [3.63, 3.8) is 0 Å². The van der Waals surface area contributed by atoms with E-state index in [0.717, 1.165) is 22.0 Å². The Balaban J connectivity index is 2.44. The van der Waals surface area contributed by atoms with Crippen LogP contribution in [0.1, 0.15) is 0 Å². The SMILES string of the molecule is N=c1ccccc2c(-c3ccccc3)cn(N)c12. The average Bonchev–Trinajstić information content (AvgIpc) is 2.59. The van der Waals surface area contributed by atoms with Gasteiger partial charge in [0.1, 0.15) is 0 Å². The van der Waals surface area contributed by atoms with Crippen LogP contribution in [0.25, 0.3) is 22.0 Å². The Morgan fingerprint density at radius 3 is 2.33 bits per heavy atom. The van der Waals surface area contributed by atoms with Crippen LogP contribution in [0, 0.1) is 5.41 Å². The number of nitrogens with two attached hydrogens (primary N) is 1. The van der Waals surface area contributed by atoms with Gasteiger partial charge >= 0.3 is 0 Å². The van der Waals surface area contributed by atoms with Gasteiger partial charge in [-0.05, 0) is 11.6 Å². The zero-order valence-electron chi connectivity index (χ0n) is 9.80. The van der Waals surface area contributed by atoms with Crippen LogP contribution in [0.5, 0.6) is 0 Å². The Morgan fingerprint density at radius 1 is 0.889 bits per heavy atom. The van der Waals surface area contributed by atoms with Crippen LogP contribution in [0.4, 0.5) is 0 Å². The van der Waals surface area contributed by atoms with Crippen LogP contribution < -0.4 is 11.2 Å². The van der Waals surface area contributed by atoms with Crippen molar-refractivity contribution in [1.29, 1.82) is 5.41 Å². The zero-order chi connectivity index (χ0) is 12.5. The molecule has 0 bridgehead atoms. The van der Waals surface area contributed by atoms with Crippen LogP contribution in [0.2, 0.25) is 0 Å². The highest BCUT2D eigenvalue weighted by Crippen LogP contribution is 2.27. The first-order valence-corrected chi connectivity index (χ1v) is 5.77. The fraction of sp³-hybridized carbons (Fsp3) is 0. The molecule has 0 aliphatic carbocycles. The van der Waals surface area contributed by atoms with Gasteiger partial charge in [0.25, 0.3) is 0 Å². The van der Waals surface area contributed by atoms with E-state index in [-0.39, 0.29) is 0 Å². The maximum atomic E-state index is 8.00. The van der Waals surface area contributed by atoms with Crippen molar-refractivity contribution < 1.29 is 0 Å². The molecular weight excluding hydrogens is 222 g/mol. The number of hydrogen-bond donors (Lipinski definition) is 2. The second-order valence-corrected chi connectivity index (χ2v) is 4.21. The molecule has 2 aromatic carbocycles. The minimum Gasteiger partial charge on any atom is -0.339 e. The molecule has 1 aromatic heterocycles. The third kappa shape index (κ3) is 1.57. The summed E-state index contributed by atoms with van der Waals surface area (Å²) in [6.07, 6.45) is 1.87. The number of nitrogens with zero attached hydrogens (tertiary/aromatic N) is 1. The van der Waals surface area contributed by atoms with Gasteiger partial charge < -0.3 is 5.84 Å². The lowest BCUT2D eigenvalue weighted by molar-refractivity contribution is 1.05. The van der Waals surface area contributed by atoms with Crippen molar-refractivity contribution in [2.24, 2.45) is 0 Å². The Labute approximate surface area is 105 Å². The summed E-state index contributed by atoms with van der Waals surface area (Å²) >= 11 is 0. The molecule has 3 nitrogen and oxygen atoms in total. The number of hydrogen-bond acceptors (Lipinski definition) is 2. The fourth-order valence-corrected chi connectivity index (χ4v) is 2.22. The smallest absolute Gasteiger partial charge is 0.0945 e. The second kappa shape index (κ2) is 4.04. The molecule has 0 saturated heterocycles. The maximum Gasteiger partial charge on any atom is 0.0945 e. The predicted molar refractivity (Wildman–Crippen MR) is 73.4 cm³/mol. The summed E-state index contributed by atoms with van der Waals surface area (Å²) in [5.41, 5.74) is 2.91. The summed E-state index contributed by atoms with van der Waals surface area (Å²) in [5, 5.41) is 9.43. The highest BCUT2D eigenvalue weighted by molar-refractivity contribution is 5.95. The van der Waals surface area contributed by atoms with E-state index in [4.69, 9.17) is 11.3 Å². The summed E-state index contributed by atoms with van der Waals surface area (Å²) in [6.45, 7) is 0. The molecule has 0 radical (unpaired) electrons. The molecule has 3 heteroatoms. The first-order chi connectivity index (χ1) is 8.77. The molecule has 0 spiro atoms. The van der Waals surface area contributed by atoms with Gasteiger partial charge in [0.15, 0.2) is 0 Å². The van der Waals surface area contributed by atoms with Crippen molar-refractivity contribution in [2.75, 3.05) is 5.84 Å². The molecule has 3 rings (SSSR count). The normalized spacial score (nSPS) is 10.7. The minimum absolute atomic E-state index is 0.430. The lowest BCUT2D eigenvalue weighted by Gasteiger charge is -1.96. The molecule has 1 heterocycles. The Kier molecular flexibility index (Phi) is 2.38. The van der Waals surface area contributed by atoms with E-state index in [1.54, 1.807) is 6.07 Å². The molecule has 0 fully saturated rings. The van der Waals surface area contributed by atoms with Crippen molar-refractivity contribution >= 4 is 10.9 Å². The van der Waals surface area contributed by atoms with E-state index in [1.807, 2.05) is 54.7 Å². The zero-order valence-corrected chi connectivity index (χ0v) is 9.80. The maximum absolute atomic E-state index is 8.00. The molecule has 18 heavy (non-hydrogen) atoms. The molecule has 0 atom stereocenters. The first-order valence-electron chi connectivity index (χ1n) is 5.77. The third-order valence-electron chi connectivity index (χ3n) is 3.05. The summed E-state index contributed by atoms with van der Waals surface area (Å²) in [7, 11) is 0. The number of nitrogens with one attached hydrogen (secondary N) is 1. The van der Waals surface area contributed by atoms with Crippen molar-refractivity contribution in [2.45, 2.75) is 0 Å². The fourth-order valence-electron chi connectivity index (χ4n) is 2.22. The van der Waals surface area contributed by atoms with Gasteiger partial charge in [-0.15, -0.1) is 0 Å².